The van der Waals surface area contributed by atoms with Crippen molar-refractivity contribution in [3.63, 3.8) is 0 Å². The van der Waals surface area contributed by atoms with E-state index in [1.54, 1.807) is 48.5 Å². The highest BCUT2D eigenvalue weighted by Crippen LogP contribution is 2.40. The van der Waals surface area contributed by atoms with Crippen LogP contribution < -0.4 is 31.4 Å². The Morgan fingerprint density at radius 2 is 1.66 bits per heavy atom. The van der Waals surface area contributed by atoms with Crippen LogP contribution in [0.25, 0.3) is 0 Å². The number of hydrogen-bond donors (Lipinski definition) is 6. The van der Waals surface area contributed by atoms with Crippen LogP contribution in [-0.4, -0.2) is 54.1 Å². The monoisotopic (exact) mass is 596 g/mol. The molecule has 7 N–H and O–H groups in total. The number of anilines is 1. The van der Waals surface area contributed by atoms with Gasteiger partial charge in [0.15, 0.2) is 11.5 Å². The van der Waals surface area contributed by atoms with E-state index < -0.39 is 30.0 Å². The van der Waals surface area contributed by atoms with Crippen LogP contribution in [0.15, 0.2) is 60.8 Å². The minimum Gasteiger partial charge on any atom is -0.493 e. The van der Waals surface area contributed by atoms with E-state index in [1.165, 1.54) is 26.5 Å². The van der Waals surface area contributed by atoms with Gasteiger partial charge in [0.2, 0.25) is 0 Å². The molecule has 1 unspecified atom stereocenters. The molecule has 0 saturated carbocycles. The first-order valence-corrected chi connectivity index (χ1v) is 11.6. The van der Waals surface area contributed by atoms with Crippen molar-refractivity contribution in [2.24, 2.45) is 5.73 Å². The molecule has 2 amide bonds. The van der Waals surface area contributed by atoms with Gasteiger partial charge >= 0.3 is 12.1 Å². The fourth-order valence-electron chi connectivity index (χ4n) is 3.08. The lowest BCUT2D eigenvalue weighted by Crippen LogP contribution is -2.45. The number of amides is 2. The van der Waals surface area contributed by atoms with Crippen molar-refractivity contribution in [1.29, 1.82) is 5.41 Å². The predicted molar refractivity (Wildman–Crippen MR) is 142 cm³/mol. The topological polar surface area (TPSA) is 189 Å². The van der Waals surface area contributed by atoms with Gasteiger partial charge in [0.1, 0.15) is 17.6 Å². The SMILES string of the molecule is COc1ccc(C(Nc2ccc(C(=N)N)cc2)C(=O)NNC(=O)c2ccccn2)c(Cl)c1OC.O=C(O)C(F)(F)F. The number of carbonyl (C=O) groups is 3. The lowest BCUT2D eigenvalue weighted by atomic mass is 10.0. The summed E-state index contributed by atoms with van der Waals surface area (Å²) in [6, 6.07) is 13.6. The molecule has 218 valence electrons. The number of benzene rings is 2. The molecule has 0 aliphatic rings. The summed E-state index contributed by atoms with van der Waals surface area (Å²) >= 11 is 6.56. The number of rotatable bonds is 8. The number of pyridine rings is 1. The van der Waals surface area contributed by atoms with Crippen molar-refractivity contribution in [3.05, 3.63) is 82.6 Å². The molecule has 0 bridgehead atoms. The molecule has 0 saturated heterocycles. The first-order valence-electron chi connectivity index (χ1n) is 11.2. The molecule has 1 heterocycles. The van der Waals surface area contributed by atoms with Gasteiger partial charge in [-0.2, -0.15) is 13.2 Å². The molecule has 0 aliphatic carbocycles. The van der Waals surface area contributed by atoms with Crippen molar-refractivity contribution in [2.75, 3.05) is 19.5 Å². The normalized spacial score (nSPS) is 11.2. The third kappa shape index (κ3) is 8.99. The summed E-state index contributed by atoms with van der Waals surface area (Å²) in [5.41, 5.74) is 11.8. The second-order valence-corrected chi connectivity index (χ2v) is 8.11. The summed E-state index contributed by atoms with van der Waals surface area (Å²) in [6.45, 7) is 0. The van der Waals surface area contributed by atoms with Crippen molar-refractivity contribution >= 4 is 40.9 Å². The lowest BCUT2D eigenvalue weighted by Gasteiger charge is -2.23. The summed E-state index contributed by atoms with van der Waals surface area (Å²) in [5.74, 6) is -3.38. The second-order valence-electron chi connectivity index (χ2n) is 7.73. The number of aliphatic carboxylic acids is 1. The lowest BCUT2D eigenvalue weighted by molar-refractivity contribution is -0.192. The number of carboxylic acids is 1. The third-order valence-corrected chi connectivity index (χ3v) is 5.42. The number of carboxylic acid groups (broad SMARTS) is 1. The number of nitrogens with one attached hydrogen (secondary N) is 4. The number of aromatic nitrogens is 1. The van der Waals surface area contributed by atoms with Gasteiger partial charge in [-0.3, -0.25) is 30.8 Å². The van der Waals surface area contributed by atoms with E-state index >= 15 is 0 Å². The standard InChI is InChI=1S/C23H23ClN6O4.C2HF3O2/c1-33-17-11-10-15(18(24)20(17)34-2)19(28-14-8-6-13(7-9-14)21(25)26)23(32)30-29-22(31)16-5-3-4-12-27-16;3-2(4,5)1(6)7/h3-12,19,28H,1-2H3,(H3,25,26)(H,29,31)(H,30,32);(H,6,7). The van der Waals surface area contributed by atoms with Crippen molar-refractivity contribution in [2.45, 2.75) is 12.2 Å². The van der Waals surface area contributed by atoms with Gasteiger partial charge in [-0.15, -0.1) is 0 Å². The third-order valence-electron chi connectivity index (χ3n) is 5.03. The van der Waals surface area contributed by atoms with E-state index in [0.717, 1.165) is 0 Å². The van der Waals surface area contributed by atoms with E-state index in [0.29, 0.717) is 22.6 Å². The van der Waals surface area contributed by atoms with E-state index in [-0.39, 0.29) is 22.3 Å². The number of carbonyl (C=O) groups excluding carboxylic acids is 2. The Morgan fingerprint density at radius 3 is 2.15 bits per heavy atom. The maximum Gasteiger partial charge on any atom is 0.490 e. The number of hydrogen-bond acceptors (Lipinski definition) is 8. The van der Waals surface area contributed by atoms with E-state index in [9.17, 15) is 22.8 Å². The Kier molecular flexibility index (Phi) is 11.3. The molecule has 1 atom stereocenters. The number of halogens is 4. The minimum atomic E-state index is -5.08. The number of nitrogens with two attached hydrogens (primary N) is 1. The number of methoxy groups -OCH3 is 2. The zero-order valence-corrected chi connectivity index (χ0v) is 22.1. The molecule has 2 aromatic carbocycles. The van der Waals surface area contributed by atoms with Gasteiger partial charge in [0.05, 0.1) is 19.2 Å². The van der Waals surface area contributed by atoms with Gasteiger partial charge in [0.25, 0.3) is 11.8 Å². The van der Waals surface area contributed by atoms with Crippen LogP contribution in [-0.2, 0) is 9.59 Å². The molecule has 0 aliphatic heterocycles. The average molecular weight is 597 g/mol. The molecule has 3 rings (SSSR count). The van der Waals surface area contributed by atoms with Gasteiger partial charge in [-0.05, 0) is 42.5 Å². The molecular weight excluding hydrogens is 573 g/mol. The van der Waals surface area contributed by atoms with Crippen LogP contribution in [0.2, 0.25) is 5.02 Å². The summed E-state index contributed by atoms with van der Waals surface area (Å²) in [4.78, 5) is 38.3. The first-order chi connectivity index (χ1) is 19.3. The Morgan fingerprint density at radius 1 is 1.02 bits per heavy atom. The van der Waals surface area contributed by atoms with Gasteiger partial charge in [-0.25, -0.2) is 4.79 Å². The number of alkyl halides is 3. The number of ether oxygens (including phenoxy) is 2. The van der Waals surface area contributed by atoms with Crippen molar-refractivity contribution in [3.8, 4) is 11.5 Å². The van der Waals surface area contributed by atoms with Gasteiger partial charge < -0.3 is 25.6 Å². The zero-order chi connectivity index (χ0) is 30.7. The van der Waals surface area contributed by atoms with Crippen molar-refractivity contribution in [1.82, 2.24) is 15.8 Å². The summed E-state index contributed by atoms with van der Waals surface area (Å²) in [6.07, 6.45) is -3.62. The van der Waals surface area contributed by atoms with E-state index in [1.807, 2.05) is 0 Å². The molecule has 16 heteroatoms. The number of hydrazine groups is 1. The van der Waals surface area contributed by atoms with Crippen molar-refractivity contribution < 1.29 is 42.1 Å². The Balaban J connectivity index is 0.000000745. The van der Waals surface area contributed by atoms with E-state index in [4.69, 9.17) is 42.1 Å². The van der Waals surface area contributed by atoms with Crippen LogP contribution in [0.1, 0.15) is 27.7 Å². The summed E-state index contributed by atoms with van der Waals surface area (Å²) < 4.78 is 42.4. The van der Waals surface area contributed by atoms with Crippen LogP contribution in [0.5, 0.6) is 11.5 Å². The number of amidine groups is 1. The highest BCUT2D eigenvalue weighted by Gasteiger charge is 2.38. The second kappa shape index (κ2) is 14.4. The molecule has 41 heavy (non-hydrogen) atoms. The van der Waals surface area contributed by atoms with Gasteiger partial charge in [0, 0.05) is 23.0 Å². The fraction of sp³-hybridized carbons (Fsp3) is 0.160. The highest BCUT2D eigenvalue weighted by atomic mass is 35.5. The zero-order valence-electron chi connectivity index (χ0n) is 21.4. The molecule has 0 fully saturated rings. The first kappa shape index (κ1) is 32.2. The van der Waals surface area contributed by atoms with Crippen LogP contribution in [0.4, 0.5) is 18.9 Å². The van der Waals surface area contributed by atoms with Crippen LogP contribution in [0, 0.1) is 5.41 Å². The van der Waals surface area contributed by atoms with E-state index in [2.05, 4.69) is 21.2 Å². The molecular formula is C25H24ClF3N6O6. The predicted octanol–water partition coefficient (Wildman–Crippen LogP) is 3.28. The summed E-state index contributed by atoms with van der Waals surface area (Å²) in [5, 5.41) is 17.9. The quantitative estimate of drug-likeness (QED) is 0.129. The molecule has 1 aromatic heterocycles. The maximum absolute atomic E-state index is 13.2. The number of nitrogen functional groups attached to an aromatic ring is 1. The van der Waals surface area contributed by atoms with Gasteiger partial charge in [-0.1, -0.05) is 23.7 Å². The largest absolute Gasteiger partial charge is 0.493 e. The van der Waals surface area contributed by atoms with Crippen LogP contribution >= 0.6 is 11.6 Å². The molecule has 12 nitrogen and oxygen atoms in total. The fourth-order valence-corrected chi connectivity index (χ4v) is 3.42. The maximum atomic E-state index is 13.2. The Bertz CT molecular complexity index is 1390. The summed E-state index contributed by atoms with van der Waals surface area (Å²) in [7, 11) is 2.91. The van der Waals surface area contributed by atoms with Crippen LogP contribution in [0.3, 0.4) is 0 Å². The smallest absolute Gasteiger partial charge is 0.490 e. The molecule has 0 spiro atoms. The average Bonchev–Trinajstić information content (AvgIpc) is 2.95. The Labute approximate surface area is 236 Å². The minimum absolute atomic E-state index is 0.0824. The molecule has 3 aromatic rings. The number of nitrogens with zero attached hydrogens (tertiary/aromatic N) is 1. The molecule has 0 radical (unpaired) electrons. The Hall–Kier alpha value is -5.05. The highest BCUT2D eigenvalue weighted by molar-refractivity contribution is 6.33.